The molecule has 0 unspecified atom stereocenters. The van der Waals surface area contributed by atoms with Crippen LogP contribution >= 0.6 is 0 Å². The van der Waals surface area contributed by atoms with Crippen LogP contribution < -0.4 is 0 Å². The monoisotopic (exact) mass is 302 g/mol. The average molecular weight is 302 g/mol. The first-order chi connectivity index (χ1) is 10.3. The van der Waals surface area contributed by atoms with Gasteiger partial charge in [0.2, 0.25) is 0 Å². The number of fused-ring (bicyclic) bond motifs is 1. The molecule has 0 aromatic rings. The number of carbonyl (C=O) groups is 1. The van der Waals surface area contributed by atoms with Crippen molar-refractivity contribution in [3.05, 3.63) is 23.3 Å². The first-order valence-corrected chi connectivity index (χ1v) is 8.87. The lowest BCUT2D eigenvalue weighted by Crippen LogP contribution is -2.48. The minimum atomic E-state index is -0.0943. The van der Waals surface area contributed by atoms with E-state index in [2.05, 4.69) is 39.8 Å². The van der Waals surface area contributed by atoms with Crippen molar-refractivity contribution in [2.75, 3.05) is 6.61 Å². The summed E-state index contributed by atoms with van der Waals surface area (Å²) in [6.07, 6.45) is 11.7. The van der Waals surface area contributed by atoms with Crippen molar-refractivity contribution in [2.24, 2.45) is 22.7 Å². The first-order valence-electron chi connectivity index (χ1n) is 8.87. The normalized spacial score (nSPS) is 39.4. The van der Waals surface area contributed by atoms with E-state index in [1.54, 1.807) is 0 Å². The number of hydrogen-bond acceptors (Lipinski definition) is 2. The Morgan fingerprint density at radius 1 is 1.32 bits per heavy atom. The maximum absolute atomic E-state index is 11.7. The molecule has 3 aliphatic rings. The lowest BCUT2D eigenvalue weighted by Gasteiger charge is -2.56. The topological polar surface area (TPSA) is 26.3 Å². The third-order valence-electron chi connectivity index (χ3n) is 6.76. The van der Waals surface area contributed by atoms with Gasteiger partial charge in [-0.15, -0.1) is 0 Å². The number of carbonyl (C=O) groups excluding carboxylic acids is 1. The van der Waals surface area contributed by atoms with Crippen LogP contribution in [0.4, 0.5) is 0 Å². The van der Waals surface area contributed by atoms with E-state index in [1.165, 1.54) is 31.3 Å². The molecular formula is C20H30O2. The Morgan fingerprint density at radius 2 is 2.09 bits per heavy atom. The number of hydrogen-bond donors (Lipinski definition) is 0. The van der Waals surface area contributed by atoms with Gasteiger partial charge in [0.1, 0.15) is 0 Å². The quantitative estimate of drug-likeness (QED) is 0.405. The molecule has 0 aromatic heterocycles. The van der Waals surface area contributed by atoms with Crippen molar-refractivity contribution < 1.29 is 9.53 Å². The van der Waals surface area contributed by atoms with Gasteiger partial charge in [-0.05, 0) is 55.3 Å². The van der Waals surface area contributed by atoms with Crippen molar-refractivity contribution in [3.63, 3.8) is 0 Å². The molecule has 0 N–H and O–H groups in total. The minimum Gasteiger partial charge on any atom is -0.462 e. The maximum Gasteiger partial charge on any atom is 0.333 e. The molecule has 2 fully saturated rings. The number of allylic oxidation sites excluding steroid dienone is 3. The van der Waals surface area contributed by atoms with Crippen LogP contribution in [-0.4, -0.2) is 12.6 Å². The van der Waals surface area contributed by atoms with E-state index in [1.807, 2.05) is 0 Å². The lowest BCUT2D eigenvalue weighted by molar-refractivity contribution is -0.135. The van der Waals surface area contributed by atoms with Crippen LogP contribution in [0.1, 0.15) is 66.2 Å². The van der Waals surface area contributed by atoms with Gasteiger partial charge in [-0.1, -0.05) is 44.9 Å². The van der Waals surface area contributed by atoms with Crippen LogP contribution in [0.3, 0.4) is 0 Å². The highest BCUT2D eigenvalue weighted by Crippen LogP contribution is 2.60. The van der Waals surface area contributed by atoms with Gasteiger partial charge in [0, 0.05) is 12.0 Å². The summed E-state index contributed by atoms with van der Waals surface area (Å²) in [7, 11) is 0. The van der Waals surface area contributed by atoms with Gasteiger partial charge in [-0.3, -0.25) is 0 Å². The van der Waals surface area contributed by atoms with Crippen LogP contribution in [0.25, 0.3) is 0 Å². The van der Waals surface area contributed by atoms with Gasteiger partial charge in [0.05, 0.1) is 6.61 Å². The second-order valence-electron chi connectivity index (χ2n) is 8.49. The summed E-state index contributed by atoms with van der Waals surface area (Å²) in [5.41, 5.74) is 3.23. The second-order valence-corrected chi connectivity index (χ2v) is 8.49. The molecule has 3 rings (SSSR count). The number of rotatable bonds is 2. The Bertz CT molecular complexity index is 526. The summed E-state index contributed by atoms with van der Waals surface area (Å²) in [5, 5.41) is 0. The van der Waals surface area contributed by atoms with Crippen molar-refractivity contribution in [3.8, 4) is 0 Å². The summed E-state index contributed by atoms with van der Waals surface area (Å²) >= 11 is 0. The third kappa shape index (κ3) is 2.55. The molecule has 0 aromatic carbocycles. The Labute approximate surface area is 135 Å². The summed E-state index contributed by atoms with van der Waals surface area (Å²) in [4.78, 5) is 11.7. The molecule has 0 bridgehead atoms. The van der Waals surface area contributed by atoms with Crippen LogP contribution in [-0.2, 0) is 9.53 Å². The Balaban J connectivity index is 1.86. The zero-order valence-corrected chi connectivity index (χ0v) is 14.6. The summed E-state index contributed by atoms with van der Waals surface area (Å²) in [5.74, 6) is 1.24. The fraction of sp³-hybridized carbons (Fsp3) is 0.750. The zero-order valence-electron chi connectivity index (χ0n) is 14.6. The van der Waals surface area contributed by atoms with E-state index in [9.17, 15) is 4.79 Å². The summed E-state index contributed by atoms with van der Waals surface area (Å²) < 4.78 is 5.08. The fourth-order valence-corrected chi connectivity index (χ4v) is 5.49. The standard InChI is InChI=1S/C20H30O2/c1-14-6-9-17-19(2,3)11-5-12-20(17,4)16(14)8-7-15-10-13-22-18(15)21/h6-7,16-17H,5,8-13H2,1-4H3/b15-7-/t16-,17-,20+/m0/s1. The molecule has 0 amide bonds. The molecule has 1 heterocycles. The van der Waals surface area contributed by atoms with Crippen LogP contribution in [0, 0.1) is 22.7 Å². The molecule has 22 heavy (non-hydrogen) atoms. The van der Waals surface area contributed by atoms with E-state index < -0.39 is 0 Å². The van der Waals surface area contributed by atoms with E-state index in [0.29, 0.717) is 23.4 Å². The van der Waals surface area contributed by atoms with E-state index in [-0.39, 0.29) is 5.97 Å². The molecule has 0 spiro atoms. The zero-order chi connectivity index (χ0) is 16.0. The highest BCUT2D eigenvalue weighted by Gasteiger charge is 2.51. The first kappa shape index (κ1) is 15.8. The van der Waals surface area contributed by atoms with Gasteiger partial charge < -0.3 is 4.74 Å². The number of cyclic esters (lactones) is 1. The van der Waals surface area contributed by atoms with Crippen molar-refractivity contribution >= 4 is 5.97 Å². The highest BCUT2D eigenvalue weighted by atomic mass is 16.5. The van der Waals surface area contributed by atoms with E-state index >= 15 is 0 Å². The average Bonchev–Trinajstić information content (AvgIpc) is 2.82. The van der Waals surface area contributed by atoms with E-state index in [4.69, 9.17) is 4.74 Å². The smallest absolute Gasteiger partial charge is 0.333 e. The predicted octanol–water partition coefficient (Wildman–Crippen LogP) is 5.05. The molecule has 1 saturated heterocycles. The van der Waals surface area contributed by atoms with E-state index in [0.717, 1.165) is 24.3 Å². The molecule has 2 nitrogen and oxygen atoms in total. The molecule has 2 aliphatic carbocycles. The Hall–Kier alpha value is -1.05. The van der Waals surface area contributed by atoms with Gasteiger partial charge in [-0.2, -0.15) is 0 Å². The molecule has 1 aliphatic heterocycles. The molecule has 122 valence electrons. The van der Waals surface area contributed by atoms with Crippen molar-refractivity contribution in [1.82, 2.24) is 0 Å². The molecule has 3 atom stereocenters. The molecular weight excluding hydrogens is 272 g/mol. The molecule has 2 heteroatoms. The lowest BCUT2D eigenvalue weighted by atomic mass is 9.48. The Kier molecular flexibility index (Phi) is 3.99. The second kappa shape index (κ2) is 5.54. The van der Waals surface area contributed by atoms with Crippen LogP contribution in [0.5, 0.6) is 0 Å². The maximum atomic E-state index is 11.7. The number of esters is 1. The minimum absolute atomic E-state index is 0.0943. The predicted molar refractivity (Wildman–Crippen MR) is 89.4 cm³/mol. The van der Waals surface area contributed by atoms with Crippen LogP contribution in [0.2, 0.25) is 0 Å². The molecule has 0 radical (unpaired) electrons. The van der Waals surface area contributed by atoms with Crippen molar-refractivity contribution in [2.45, 2.75) is 66.2 Å². The SMILES string of the molecule is CC1=CC[C@H]2C(C)(C)CCC[C@]2(C)[C@H]1C/C=C1/CCOC1=O. The summed E-state index contributed by atoms with van der Waals surface area (Å²) in [6, 6.07) is 0. The van der Waals surface area contributed by atoms with Gasteiger partial charge in [0.25, 0.3) is 0 Å². The van der Waals surface area contributed by atoms with Gasteiger partial charge in [0.15, 0.2) is 0 Å². The van der Waals surface area contributed by atoms with Crippen molar-refractivity contribution in [1.29, 1.82) is 0 Å². The largest absolute Gasteiger partial charge is 0.462 e. The highest BCUT2D eigenvalue weighted by molar-refractivity contribution is 5.90. The molecule has 1 saturated carbocycles. The number of ether oxygens (including phenoxy) is 1. The van der Waals surface area contributed by atoms with Gasteiger partial charge in [-0.25, -0.2) is 4.79 Å². The van der Waals surface area contributed by atoms with Crippen LogP contribution in [0.15, 0.2) is 23.3 Å². The fourth-order valence-electron chi connectivity index (χ4n) is 5.49. The van der Waals surface area contributed by atoms with Gasteiger partial charge >= 0.3 is 5.97 Å². The summed E-state index contributed by atoms with van der Waals surface area (Å²) in [6.45, 7) is 10.3. The third-order valence-corrected chi connectivity index (χ3v) is 6.76. The Morgan fingerprint density at radius 3 is 2.77 bits per heavy atom.